The highest BCUT2D eigenvalue weighted by molar-refractivity contribution is 6.76. The van der Waals surface area contributed by atoms with Gasteiger partial charge in [0.25, 0.3) is 9.58 Å². The molecule has 1 saturated carbocycles. The zero-order chi connectivity index (χ0) is 24.7. The quantitative estimate of drug-likeness (QED) is 0.245. The normalized spacial score (nSPS) is 30.0. The Balaban J connectivity index is 1.57. The van der Waals surface area contributed by atoms with Gasteiger partial charge in [-0.1, -0.05) is 71.2 Å². The van der Waals surface area contributed by atoms with E-state index in [9.17, 15) is 9.59 Å². The third kappa shape index (κ3) is 4.75. The Labute approximate surface area is 211 Å². The lowest BCUT2D eigenvalue weighted by molar-refractivity contribution is -0.240. The van der Waals surface area contributed by atoms with Crippen molar-refractivity contribution in [1.29, 1.82) is 5.41 Å². The van der Waals surface area contributed by atoms with Gasteiger partial charge in [-0.05, 0) is 38.1 Å². The second kappa shape index (κ2) is 9.04. The molecule has 5 atom stereocenters. The minimum atomic E-state index is -2.14. The van der Waals surface area contributed by atoms with E-state index in [0.29, 0.717) is 11.1 Å². The van der Waals surface area contributed by atoms with Crippen LogP contribution in [-0.4, -0.2) is 45.2 Å². The average Bonchev–Trinajstić information content (AvgIpc) is 3.37. The third-order valence-corrected chi connectivity index (χ3v) is 6.63. The number of rotatable bonds is 5. The fraction of sp³-hybridized carbons (Fsp3) is 0.375. The Kier molecular flexibility index (Phi) is 6.59. The van der Waals surface area contributed by atoms with Crippen molar-refractivity contribution in [3.63, 3.8) is 0 Å². The van der Waals surface area contributed by atoms with E-state index in [4.69, 9.17) is 59.2 Å². The fourth-order valence-corrected chi connectivity index (χ4v) is 4.16. The Morgan fingerprint density at radius 3 is 2.03 bits per heavy atom. The van der Waals surface area contributed by atoms with E-state index in [-0.39, 0.29) is 6.42 Å². The Morgan fingerprint density at radius 1 is 0.971 bits per heavy atom. The molecule has 4 unspecified atom stereocenters. The number of halogens is 3. The summed E-state index contributed by atoms with van der Waals surface area (Å²) in [5, 5.41) is 8.03. The van der Waals surface area contributed by atoms with Gasteiger partial charge in [-0.3, -0.25) is 5.41 Å². The van der Waals surface area contributed by atoms with E-state index in [2.05, 4.69) is 0 Å². The Morgan fingerprint density at radius 2 is 1.50 bits per heavy atom. The SMILES string of the molecule is CC1OC2(OC(=N)C(Cl)(Cl)Cl)C(CC1(C)OC(=O)c1ccccc1)[C@@H]2OC(=O)c1ccccc1. The molecule has 1 aliphatic carbocycles. The first kappa shape index (κ1) is 24.8. The molecule has 2 aromatic carbocycles. The van der Waals surface area contributed by atoms with E-state index in [1.807, 2.05) is 0 Å². The highest BCUT2D eigenvalue weighted by Crippen LogP contribution is 2.60. The molecular weight excluding hydrogens is 505 g/mol. The van der Waals surface area contributed by atoms with Gasteiger partial charge >= 0.3 is 11.9 Å². The maximum Gasteiger partial charge on any atom is 0.338 e. The van der Waals surface area contributed by atoms with Gasteiger partial charge < -0.3 is 18.9 Å². The van der Waals surface area contributed by atoms with E-state index in [0.717, 1.165) is 0 Å². The maximum atomic E-state index is 12.7. The molecule has 10 heteroatoms. The van der Waals surface area contributed by atoms with E-state index in [1.165, 1.54) is 0 Å². The van der Waals surface area contributed by atoms with Gasteiger partial charge in [0.15, 0.2) is 6.10 Å². The lowest BCUT2D eigenvalue weighted by Gasteiger charge is -2.41. The van der Waals surface area contributed by atoms with Crippen LogP contribution in [0.15, 0.2) is 60.7 Å². The number of fused-ring (bicyclic) bond motifs is 1. The molecule has 2 fully saturated rings. The van der Waals surface area contributed by atoms with Crippen LogP contribution in [0.1, 0.15) is 41.0 Å². The summed E-state index contributed by atoms with van der Waals surface area (Å²) in [5.74, 6) is -3.89. The van der Waals surface area contributed by atoms with Gasteiger partial charge in [0, 0.05) is 6.42 Å². The summed E-state index contributed by atoms with van der Waals surface area (Å²) in [6.07, 6.45) is -1.38. The molecule has 1 heterocycles. The van der Waals surface area contributed by atoms with Gasteiger partial charge in [-0.2, -0.15) is 0 Å². The van der Waals surface area contributed by atoms with Crippen LogP contribution in [0.3, 0.4) is 0 Å². The number of ether oxygens (including phenoxy) is 4. The van der Waals surface area contributed by atoms with E-state index in [1.54, 1.807) is 74.5 Å². The summed E-state index contributed by atoms with van der Waals surface area (Å²) in [6.45, 7) is 3.43. The van der Waals surface area contributed by atoms with Crippen LogP contribution >= 0.6 is 34.8 Å². The maximum absolute atomic E-state index is 12.7. The summed E-state index contributed by atoms with van der Waals surface area (Å²) in [5.41, 5.74) is -0.338. The van der Waals surface area contributed by atoms with Crippen molar-refractivity contribution in [2.75, 3.05) is 0 Å². The molecule has 1 N–H and O–H groups in total. The number of carbonyl (C=O) groups excluding carboxylic acids is 2. The monoisotopic (exact) mass is 525 g/mol. The zero-order valence-corrected chi connectivity index (χ0v) is 20.6. The summed E-state index contributed by atoms with van der Waals surface area (Å²) in [6, 6.07) is 17.0. The lowest BCUT2D eigenvalue weighted by atomic mass is 9.90. The summed E-state index contributed by atoms with van der Waals surface area (Å²) >= 11 is 17.4. The number of esters is 2. The van der Waals surface area contributed by atoms with Gasteiger partial charge in [0.2, 0.25) is 5.90 Å². The molecule has 0 bridgehead atoms. The molecule has 2 aliphatic rings. The molecule has 0 radical (unpaired) electrons. The first-order valence-electron chi connectivity index (χ1n) is 10.5. The van der Waals surface area contributed by atoms with Crippen LogP contribution in [0.5, 0.6) is 0 Å². The molecule has 1 aliphatic heterocycles. The van der Waals surface area contributed by atoms with Crippen molar-refractivity contribution in [2.24, 2.45) is 5.92 Å². The number of alkyl halides is 3. The van der Waals surface area contributed by atoms with Crippen molar-refractivity contribution in [3.8, 4) is 0 Å². The minimum Gasteiger partial charge on any atom is -0.453 e. The van der Waals surface area contributed by atoms with Gasteiger partial charge in [0.05, 0.1) is 23.1 Å². The molecule has 7 nitrogen and oxygen atoms in total. The number of carbonyl (C=O) groups is 2. The van der Waals surface area contributed by atoms with E-state index < -0.39 is 51.1 Å². The smallest absolute Gasteiger partial charge is 0.338 e. The van der Waals surface area contributed by atoms with Crippen LogP contribution in [-0.2, 0) is 18.9 Å². The third-order valence-electron chi connectivity index (χ3n) is 6.11. The molecule has 180 valence electrons. The van der Waals surface area contributed by atoms with Gasteiger partial charge in [0.1, 0.15) is 5.60 Å². The predicted octanol–water partition coefficient (Wildman–Crippen LogP) is 5.33. The number of benzene rings is 2. The summed E-state index contributed by atoms with van der Waals surface area (Å²) in [7, 11) is 0. The lowest BCUT2D eigenvalue weighted by Crippen LogP contribution is -2.52. The number of nitrogens with one attached hydrogen (secondary N) is 1. The largest absolute Gasteiger partial charge is 0.453 e. The van der Waals surface area contributed by atoms with E-state index >= 15 is 0 Å². The molecule has 2 aromatic rings. The second-order valence-corrected chi connectivity index (χ2v) is 10.8. The van der Waals surface area contributed by atoms with Crippen LogP contribution < -0.4 is 0 Å². The van der Waals surface area contributed by atoms with Crippen LogP contribution in [0.2, 0.25) is 0 Å². The molecule has 0 aromatic heterocycles. The average molecular weight is 527 g/mol. The van der Waals surface area contributed by atoms with Crippen LogP contribution in [0, 0.1) is 11.3 Å². The minimum absolute atomic E-state index is 0.229. The van der Waals surface area contributed by atoms with Crippen molar-refractivity contribution in [1.82, 2.24) is 0 Å². The van der Waals surface area contributed by atoms with Gasteiger partial charge in [-0.15, -0.1) is 0 Å². The van der Waals surface area contributed by atoms with Crippen LogP contribution in [0.4, 0.5) is 0 Å². The Hall–Kier alpha value is -2.32. The first-order valence-corrected chi connectivity index (χ1v) is 11.7. The van der Waals surface area contributed by atoms with Gasteiger partial charge in [-0.25, -0.2) is 9.59 Å². The highest BCUT2D eigenvalue weighted by Gasteiger charge is 2.78. The van der Waals surface area contributed by atoms with Crippen molar-refractivity contribution in [2.45, 2.75) is 47.7 Å². The first-order chi connectivity index (χ1) is 16.0. The Bertz CT molecular complexity index is 1090. The molecule has 4 rings (SSSR count). The topological polar surface area (TPSA) is 94.9 Å². The zero-order valence-electron chi connectivity index (χ0n) is 18.3. The second-order valence-electron chi connectivity index (χ2n) is 8.48. The fourth-order valence-electron chi connectivity index (χ4n) is 4.05. The summed E-state index contributed by atoms with van der Waals surface area (Å²) < 4.78 is 21.2. The van der Waals surface area contributed by atoms with Crippen molar-refractivity contribution in [3.05, 3.63) is 71.8 Å². The predicted molar refractivity (Wildman–Crippen MR) is 126 cm³/mol. The molecule has 34 heavy (non-hydrogen) atoms. The molecule has 0 spiro atoms. The van der Waals surface area contributed by atoms with Crippen molar-refractivity contribution >= 4 is 52.6 Å². The molecule has 1 saturated heterocycles. The molecule has 0 amide bonds. The highest BCUT2D eigenvalue weighted by atomic mass is 35.6. The number of hydrogen-bond donors (Lipinski definition) is 1. The van der Waals surface area contributed by atoms with Crippen LogP contribution in [0.25, 0.3) is 0 Å². The standard InChI is InChI=1S/C24H22Cl3NO6/c1-14-22(2,33-20(30)16-11-7-4-8-12-16)13-17-18(31-19(29)15-9-5-3-6-10-15)23(17,32-14)34-21(28)24(25,26)27/h3-12,14,17-18,28H,13H2,1-2H3/t14?,17?,18-,22?,23?/m0/s1. The number of hydrogen-bond acceptors (Lipinski definition) is 7. The van der Waals surface area contributed by atoms with Crippen molar-refractivity contribution < 1.29 is 28.5 Å². The summed E-state index contributed by atoms with van der Waals surface area (Å²) in [4.78, 5) is 25.5. The molecular formula is C24H22Cl3NO6.